The van der Waals surface area contributed by atoms with Crippen LogP contribution < -0.4 is 16.0 Å². The Morgan fingerprint density at radius 3 is 2.13 bits per heavy atom. The van der Waals surface area contributed by atoms with Crippen molar-refractivity contribution < 1.29 is 53.3 Å². The maximum atomic E-state index is 14.5. The summed E-state index contributed by atoms with van der Waals surface area (Å²) >= 11 is 0. The number of aromatic nitrogens is 1. The molecule has 2 fully saturated rings. The number of carbonyl (C=O) groups is 8. The number of hydrogen-bond acceptors (Lipinski definition) is 12. The molecule has 2 saturated heterocycles. The Balaban J connectivity index is 1.86. The lowest BCUT2D eigenvalue weighted by molar-refractivity contribution is -0.161. The minimum absolute atomic E-state index is 0.0335. The summed E-state index contributed by atoms with van der Waals surface area (Å²) in [5.74, 6) is -7.75. The molecule has 1 aromatic heterocycles. The van der Waals surface area contributed by atoms with Gasteiger partial charge in [0.2, 0.25) is 35.4 Å². The molecule has 63 heavy (non-hydrogen) atoms. The molecule has 7 amide bonds. The largest absolute Gasteiger partial charge is 0.505 e. The van der Waals surface area contributed by atoms with E-state index in [0.717, 1.165) is 14.7 Å². The SMILES string of the molecule is CC(C)C[C@H]1NC(=O)[C@@H](NC(=O)c2ncccc2O)[C@@H](C)OC(=O)[C@H](c2ccccc2)N(C)C(=O)[C@H](C)NC(=O)[C@H]([C@@H](C)C(C)C)N(C)C(=O)CN(C)C(=O)[C@H]2C[C@@H](O)CN2C1=O. The van der Waals surface area contributed by atoms with Gasteiger partial charge in [-0.05, 0) is 55.7 Å². The highest BCUT2D eigenvalue weighted by Crippen LogP contribution is 2.26. The number of nitrogens with one attached hydrogen (secondary N) is 3. The zero-order valence-corrected chi connectivity index (χ0v) is 37.6. The number of aliphatic hydroxyl groups excluding tert-OH is 1. The number of amides is 7. The number of pyridine rings is 1. The van der Waals surface area contributed by atoms with Crippen LogP contribution in [0.4, 0.5) is 0 Å². The number of nitrogens with zero attached hydrogens (tertiary/aromatic N) is 5. The molecule has 2 aliphatic rings. The molecule has 2 aromatic rings. The standard InChI is InChI=1S/C44H62N8O11/c1-23(2)19-30-42(60)52-21-29(53)20-31(52)43(61)49(8)22-33(55)50(9)36(25(5)24(3)4)40(58)46-26(6)41(59)51(10)37(28-15-12-11-13-16-28)44(62)63-27(7)34(38(56)47-30)48-39(57)35-32(54)17-14-18-45-35/h11-18,23-27,29-31,34,36-37,53-54H,19-22H2,1-10H3,(H,46,58)(H,47,56)(H,48,57)/t25-,26-,27+,29+,30+,31+,34-,36-,37-/m0/s1. The maximum absolute atomic E-state index is 14.5. The molecule has 344 valence electrons. The van der Waals surface area contributed by atoms with Crippen LogP contribution in [0.3, 0.4) is 0 Å². The second-order valence-electron chi connectivity index (χ2n) is 17.3. The first-order chi connectivity index (χ1) is 29.5. The van der Waals surface area contributed by atoms with Crippen molar-refractivity contribution in [3.63, 3.8) is 0 Å². The van der Waals surface area contributed by atoms with Crippen LogP contribution in [0.5, 0.6) is 5.75 Å². The van der Waals surface area contributed by atoms with Gasteiger partial charge in [0.15, 0.2) is 11.7 Å². The average molecular weight is 879 g/mol. The van der Waals surface area contributed by atoms with Crippen LogP contribution in [0.1, 0.15) is 83.4 Å². The predicted molar refractivity (Wildman–Crippen MR) is 228 cm³/mol. The van der Waals surface area contributed by atoms with Gasteiger partial charge in [0.25, 0.3) is 5.91 Å². The topological polar surface area (TPSA) is 248 Å². The number of aliphatic hydroxyl groups is 1. The molecule has 0 bridgehead atoms. The van der Waals surface area contributed by atoms with Crippen molar-refractivity contribution in [1.29, 1.82) is 0 Å². The fourth-order valence-corrected chi connectivity index (χ4v) is 7.82. The summed E-state index contributed by atoms with van der Waals surface area (Å²) in [7, 11) is 4.13. The smallest absolute Gasteiger partial charge is 0.333 e. The Morgan fingerprint density at radius 2 is 1.52 bits per heavy atom. The van der Waals surface area contributed by atoms with Gasteiger partial charge in [-0.15, -0.1) is 0 Å². The molecular formula is C44H62N8O11. The molecule has 0 saturated carbocycles. The Hall–Kier alpha value is -6.11. The molecule has 5 N–H and O–H groups in total. The number of hydrogen-bond donors (Lipinski definition) is 5. The number of carbonyl (C=O) groups excluding carboxylic acids is 8. The summed E-state index contributed by atoms with van der Waals surface area (Å²) < 4.78 is 5.91. The number of ether oxygens (including phenoxy) is 1. The number of esters is 1. The molecule has 0 spiro atoms. The first-order valence-electron chi connectivity index (χ1n) is 21.1. The lowest BCUT2D eigenvalue weighted by Crippen LogP contribution is -2.60. The van der Waals surface area contributed by atoms with Gasteiger partial charge in [-0.2, -0.15) is 0 Å². The van der Waals surface area contributed by atoms with Crippen molar-refractivity contribution in [3.8, 4) is 5.75 Å². The van der Waals surface area contributed by atoms with E-state index in [4.69, 9.17) is 4.74 Å². The molecular weight excluding hydrogens is 817 g/mol. The molecule has 9 atom stereocenters. The molecule has 1 aromatic carbocycles. The molecule has 4 rings (SSSR count). The molecule has 0 unspecified atom stereocenters. The van der Waals surface area contributed by atoms with Crippen molar-refractivity contribution in [2.24, 2.45) is 17.8 Å². The zero-order valence-electron chi connectivity index (χ0n) is 37.6. The number of likely N-dealkylation sites (N-methyl/N-ethyl adjacent to an activating group) is 3. The summed E-state index contributed by atoms with van der Waals surface area (Å²) in [5, 5.41) is 29.1. The lowest BCUT2D eigenvalue weighted by Gasteiger charge is -2.37. The van der Waals surface area contributed by atoms with Gasteiger partial charge >= 0.3 is 5.97 Å². The zero-order chi connectivity index (χ0) is 47.0. The lowest BCUT2D eigenvalue weighted by atomic mass is 9.88. The van der Waals surface area contributed by atoms with Gasteiger partial charge in [-0.1, -0.05) is 65.0 Å². The second kappa shape index (κ2) is 21.3. The molecule has 0 aliphatic carbocycles. The van der Waals surface area contributed by atoms with E-state index in [9.17, 15) is 48.6 Å². The maximum Gasteiger partial charge on any atom is 0.333 e. The third kappa shape index (κ3) is 11.9. The molecule has 3 heterocycles. The summed E-state index contributed by atoms with van der Waals surface area (Å²) in [4.78, 5) is 122. The van der Waals surface area contributed by atoms with E-state index in [1.807, 2.05) is 13.8 Å². The second-order valence-corrected chi connectivity index (χ2v) is 17.3. The van der Waals surface area contributed by atoms with Crippen LogP contribution >= 0.6 is 0 Å². The monoisotopic (exact) mass is 878 g/mol. The minimum Gasteiger partial charge on any atom is -0.505 e. The minimum atomic E-state index is -1.74. The highest BCUT2D eigenvalue weighted by atomic mass is 16.5. The van der Waals surface area contributed by atoms with E-state index in [-0.39, 0.29) is 31.2 Å². The first kappa shape index (κ1) is 49.5. The normalized spacial score (nSPS) is 27.0. The third-order valence-electron chi connectivity index (χ3n) is 11.7. The number of cyclic esters (lactones) is 1. The Kier molecular flexibility index (Phi) is 16.8. The highest BCUT2D eigenvalue weighted by molar-refractivity contribution is 6.00. The van der Waals surface area contributed by atoms with Gasteiger partial charge in [-0.3, -0.25) is 33.6 Å². The van der Waals surface area contributed by atoms with E-state index < -0.39 is 120 Å². The summed E-state index contributed by atoms with van der Waals surface area (Å²) in [6.07, 6.45) is -1.52. The van der Waals surface area contributed by atoms with Crippen LogP contribution in [0.15, 0.2) is 48.7 Å². The predicted octanol–water partition coefficient (Wildman–Crippen LogP) is 0.606. The fourth-order valence-electron chi connectivity index (χ4n) is 7.82. The van der Waals surface area contributed by atoms with Crippen molar-refractivity contribution in [2.45, 2.75) is 110 Å². The number of aromatic hydroxyl groups is 1. The van der Waals surface area contributed by atoms with E-state index in [0.29, 0.717) is 5.56 Å². The van der Waals surface area contributed by atoms with Gasteiger partial charge < -0.3 is 50.5 Å². The average Bonchev–Trinajstić information content (AvgIpc) is 3.62. The number of fused-ring (bicyclic) bond motifs is 1. The van der Waals surface area contributed by atoms with Crippen LogP contribution in [-0.2, 0) is 38.3 Å². The number of rotatable bonds is 7. The van der Waals surface area contributed by atoms with Gasteiger partial charge in [-0.25, -0.2) is 9.78 Å². The quantitative estimate of drug-likeness (QED) is 0.240. The van der Waals surface area contributed by atoms with E-state index >= 15 is 0 Å². The molecule has 2 aliphatic heterocycles. The molecule has 19 heteroatoms. The Bertz CT molecular complexity index is 2020. The number of benzene rings is 1. The first-order valence-corrected chi connectivity index (χ1v) is 21.1. The van der Waals surface area contributed by atoms with Gasteiger partial charge in [0.05, 0.1) is 12.6 Å². The fraction of sp³-hybridized carbons (Fsp3) is 0.568. The Labute approximate surface area is 367 Å². The van der Waals surface area contributed by atoms with Gasteiger partial charge in [0.1, 0.15) is 42.1 Å². The summed E-state index contributed by atoms with van der Waals surface area (Å²) in [5.41, 5.74) is -0.145. The van der Waals surface area contributed by atoms with Crippen molar-refractivity contribution in [2.75, 3.05) is 34.2 Å². The summed E-state index contributed by atoms with van der Waals surface area (Å²) in [6.45, 7) is 11.1. The van der Waals surface area contributed by atoms with E-state index in [2.05, 4.69) is 20.9 Å². The van der Waals surface area contributed by atoms with Crippen LogP contribution in [0, 0.1) is 17.8 Å². The summed E-state index contributed by atoms with van der Waals surface area (Å²) in [6, 6.07) is 2.60. The van der Waals surface area contributed by atoms with Crippen molar-refractivity contribution in [3.05, 3.63) is 59.9 Å². The van der Waals surface area contributed by atoms with E-state index in [1.54, 1.807) is 51.1 Å². The highest BCUT2D eigenvalue weighted by Gasteiger charge is 2.45. The van der Waals surface area contributed by atoms with Crippen LogP contribution in [0.25, 0.3) is 0 Å². The van der Waals surface area contributed by atoms with Crippen molar-refractivity contribution in [1.82, 2.24) is 40.5 Å². The van der Waals surface area contributed by atoms with Crippen molar-refractivity contribution >= 4 is 47.3 Å². The molecule has 19 nitrogen and oxygen atoms in total. The van der Waals surface area contributed by atoms with Crippen LogP contribution in [0.2, 0.25) is 0 Å². The molecule has 0 radical (unpaired) electrons. The van der Waals surface area contributed by atoms with Gasteiger partial charge in [0, 0.05) is 40.3 Å². The van der Waals surface area contributed by atoms with E-state index in [1.165, 1.54) is 58.2 Å². The van der Waals surface area contributed by atoms with Crippen LogP contribution in [-0.4, -0.2) is 159 Å². The Morgan fingerprint density at radius 1 is 0.873 bits per heavy atom. The third-order valence-corrected chi connectivity index (χ3v) is 11.7.